The second kappa shape index (κ2) is 6.58. The molecule has 4 nitrogen and oxygen atoms in total. The van der Waals surface area contributed by atoms with Crippen molar-refractivity contribution in [3.05, 3.63) is 35.9 Å². The minimum absolute atomic E-state index is 0.123. The minimum Gasteiger partial charge on any atom is -0.391 e. The van der Waals surface area contributed by atoms with Gasteiger partial charge in [0.15, 0.2) is 0 Å². The van der Waals surface area contributed by atoms with E-state index < -0.39 is 6.10 Å². The Hall–Kier alpha value is -1.39. The van der Waals surface area contributed by atoms with Crippen molar-refractivity contribution < 1.29 is 9.94 Å². The van der Waals surface area contributed by atoms with Gasteiger partial charge in [0.25, 0.3) is 0 Å². The largest absolute Gasteiger partial charge is 0.391 e. The molecule has 21 heavy (non-hydrogen) atoms. The molecule has 4 heteroatoms. The van der Waals surface area contributed by atoms with Crippen LogP contribution in [0.1, 0.15) is 45.6 Å². The number of rotatable bonds is 3. The van der Waals surface area contributed by atoms with Crippen molar-refractivity contribution in [3.63, 3.8) is 0 Å². The number of nitrogens with zero attached hydrogens (tertiary/aromatic N) is 1. The van der Waals surface area contributed by atoms with E-state index in [2.05, 4.69) is 5.16 Å². The van der Waals surface area contributed by atoms with Gasteiger partial charge in [0.1, 0.15) is 5.60 Å². The monoisotopic (exact) mass is 290 g/mol. The average Bonchev–Trinajstić information content (AvgIpc) is 2.43. The molecule has 1 aliphatic carbocycles. The van der Waals surface area contributed by atoms with Crippen LogP contribution in [0.2, 0.25) is 0 Å². The molecule has 1 aliphatic rings. The summed E-state index contributed by atoms with van der Waals surface area (Å²) >= 11 is 0. The highest BCUT2D eigenvalue weighted by atomic mass is 16.6. The molecule has 1 saturated carbocycles. The van der Waals surface area contributed by atoms with Crippen LogP contribution in [0.5, 0.6) is 0 Å². The fourth-order valence-electron chi connectivity index (χ4n) is 2.58. The molecular formula is C17H26N2O2. The third-order valence-electron chi connectivity index (χ3n) is 3.74. The lowest BCUT2D eigenvalue weighted by Crippen LogP contribution is -2.42. The second-order valence-corrected chi connectivity index (χ2v) is 6.79. The zero-order valence-electron chi connectivity index (χ0n) is 13.1. The first-order valence-electron chi connectivity index (χ1n) is 7.62. The molecule has 0 heterocycles. The Labute approximate surface area is 127 Å². The van der Waals surface area contributed by atoms with Crippen LogP contribution in [0.25, 0.3) is 0 Å². The summed E-state index contributed by atoms with van der Waals surface area (Å²) in [7, 11) is 0. The molecule has 1 aromatic rings. The van der Waals surface area contributed by atoms with Gasteiger partial charge in [-0.15, -0.1) is 0 Å². The Morgan fingerprint density at radius 3 is 2.48 bits per heavy atom. The number of aliphatic hydroxyl groups excluding tert-OH is 1. The fraction of sp³-hybridized carbons (Fsp3) is 0.588. The maximum atomic E-state index is 10.1. The molecule has 116 valence electrons. The van der Waals surface area contributed by atoms with Gasteiger partial charge in [-0.3, -0.25) is 0 Å². The van der Waals surface area contributed by atoms with Crippen molar-refractivity contribution in [2.45, 2.75) is 57.8 Å². The zero-order valence-corrected chi connectivity index (χ0v) is 13.1. The summed E-state index contributed by atoms with van der Waals surface area (Å²) in [6.07, 6.45) is 1.92. The second-order valence-electron chi connectivity index (χ2n) is 6.79. The van der Waals surface area contributed by atoms with Crippen LogP contribution >= 0.6 is 0 Å². The molecule has 0 amide bonds. The summed E-state index contributed by atoms with van der Waals surface area (Å²) in [5, 5.41) is 14.5. The average molecular weight is 290 g/mol. The van der Waals surface area contributed by atoms with E-state index in [0.717, 1.165) is 24.1 Å². The van der Waals surface area contributed by atoms with E-state index in [4.69, 9.17) is 10.6 Å². The van der Waals surface area contributed by atoms with Gasteiger partial charge in [0.05, 0.1) is 11.8 Å². The first-order valence-corrected chi connectivity index (χ1v) is 7.62. The first-order chi connectivity index (χ1) is 9.87. The summed E-state index contributed by atoms with van der Waals surface area (Å²) in [4.78, 5) is 5.64. The molecular weight excluding hydrogens is 264 g/mol. The van der Waals surface area contributed by atoms with Crippen LogP contribution in [0, 0.1) is 5.92 Å². The summed E-state index contributed by atoms with van der Waals surface area (Å²) in [5.74, 6) is 0.185. The van der Waals surface area contributed by atoms with Gasteiger partial charge in [-0.25, -0.2) is 0 Å². The highest BCUT2D eigenvalue weighted by molar-refractivity contribution is 6.02. The molecule has 0 saturated heterocycles. The Balaban J connectivity index is 2.24. The number of benzene rings is 1. The quantitative estimate of drug-likeness (QED) is 0.664. The van der Waals surface area contributed by atoms with Crippen molar-refractivity contribution in [2.24, 2.45) is 16.8 Å². The molecule has 0 bridgehead atoms. The minimum atomic E-state index is -0.465. The number of aliphatic hydroxyl groups is 1. The van der Waals surface area contributed by atoms with E-state index in [1.54, 1.807) is 0 Å². The molecule has 3 atom stereocenters. The molecule has 0 aromatic heterocycles. The fourth-order valence-corrected chi connectivity index (χ4v) is 2.58. The molecule has 0 radical (unpaired) electrons. The molecule has 0 spiro atoms. The van der Waals surface area contributed by atoms with Crippen LogP contribution in [-0.2, 0) is 4.84 Å². The predicted molar refractivity (Wildman–Crippen MR) is 85.1 cm³/mol. The molecule has 0 unspecified atom stereocenters. The molecule has 1 aromatic carbocycles. The molecule has 3 N–H and O–H groups in total. The third kappa shape index (κ3) is 4.55. The molecule has 2 rings (SSSR count). The normalized spacial score (nSPS) is 27.5. The lowest BCUT2D eigenvalue weighted by molar-refractivity contribution is -0.000625. The van der Waals surface area contributed by atoms with Crippen LogP contribution in [-0.4, -0.2) is 28.6 Å². The summed E-state index contributed by atoms with van der Waals surface area (Å²) in [6.45, 7) is 5.93. The van der Waals surface area contributed by atoms with Gasteiger partial charge in [-0.1, -0.05) is 35.5 Å². The Morgan fingerprint density at radius 2 is 1.90 bits per heavy atom. The van der Waals surface area contributed by atoms with E-state index in [1.807, 2.05) is 51.1 Å². The van der Waals surface area contributed by atoms with Crippen molar-refractivity contribution in [3.8, 4) is 0 Å². The van der Waals surface area contributed by atoms with Gasteiger partial charge in [-0.05, 0) is 45.6 Å². The maximum absolute atomic E-state index is 10.1. The van der Waals surface area contributed by atoms with Crippen LogP contribution < -0.4 is 5.73 Å². The maximum Gasteiger partial charge on any atom is 0.129 e. The predicted octanol–water partition coefficient (Wildman–Crippen LogP) is 2.69. The number of hydrogen-bond donors (Lipinski definition) is 2. The van der Waals surface area contributed by atoms with Crippen molar-refractivity contribution in [1.82, 2.24) is 0 Å². The molecule has 0 aliphatic heterocycles. The lowest BCUT2D eigenvalue weighted by Gasteiger charge is -2.31. The van der Waals surface area contributed by atoms with Crippen LogP contribution in [0.4, 0.5) is 0 Å². The van der Waals surface area contributed by atoms with Gasteiger partial charge in [0.2, 0.25) is 0 Å². The molecule has 1 fully saturated rings. The van der Waals surface area contributed by atoms with Crippen LogP contribution in [0.3, 0.4) is 0 Å². The number of hydrogen-bond acceptors (Lipinski definition) is 4. The summed E-state index contributed by atoms with van der Waals surface area (Å²) < 4.78 is 0. The highest BCUT2D eigenvalue weighted by Crippen LogP contribution is 2.28. The van der Waals surface area contributed by atoms with Gasteiger partial charge in [-0.2, -0.15) is 0 Å². The van der Waals surface area contributed by atoms with Crippen molar-refractivity contribution in [2.75, 3.05) is 0 Å². The van der Waals surface area contributed by atoms with Gasteiger partial charge < -0.3 is 15.7 Å². The Morgan fingerprint density at radius 1 is 1.24 bits per heavy atom. The highest BCUT2D eigenvalue weighted by Gasteiger charge is 2.31. The Kier molecular flexibility index (Phi) is 5.01. The van der Waals surface area contributed by atoms with Gasteiger partial charge in [0, 0.05) is 12.0 Å². The van der Waals surface area contributed by atoms with Gasteiger partial charge >= 0.3 is 0 Å². The van der Waals surface area contributed by atoms with E-state index in [0.29, 0.717) is 6.42 Å². The smallest absolute Gasteiger partial charge is 0.129 e. The number of oxime groups is 1. The first kappa shape index (κ1) is 16.0. The van der Waals surface area contributed by atoms with E-state index >= 15 is 0 Å². The zero-order chi connectivity index (χ0) is 15.5. The standard InChI is InChI=1S/C17H26N2O2/c1-17(2,3)21-19-16(12-7-5-4-6-8-12)13-9-10-14(18)15(20)11-13/h4-8,13-15,20H,9-11,18H2,1-3H3/b19-16+/t13-,14+,15-/m0/s1. The summed E-state index contributed by atoms with van der Waals surface area (Å²) in [6, 6.07) is 9.91. The topological polar surface area (TPSA) is 67.8 Å². The van der Waals surface area contributed by atoms with E-state index in [1.165, 1.54) is 0 Å². The SMILES string of the molecule is CC(C)(C)O/N=C(\c1ccccc1)[C@H]1CC[C@@H](N)[C@@H](O)C1. The Bertz CT molecular complexity index is 479. The third-order valence-corrected chi connectivity index (χ3v) is 3.74. The van der Waals surface area contributed by atoms with E-state index in [-0.39, 0.29) is 17.6 Å². The summed E-state index contributed by atoms with van der Waals surface area (Å²) in [5.41, 5.74) is 7.54. The van der Waals surface area contributed by atoms with Crippen molar-refractivity contribution >= 4 is 5.71 Å². The van der Waals surface area contributed by atoms with Crippen LogP contribution in [0.15, 0.2) is 35.5 Å². The lowest BCUT2D eigenvalue weighted by atomic mass is 9.80. The van der Waals surface area contributed by atoms with Crippen molar-refractivity contribution in [1.29, 1.82) is 0 Å². The number of nitrogens with two attached hydrogens (primary N) is 1. The van der Waals surface area contributed by atoms with E-state index in [9.17, 15) is 5.11 Å².